The Bertz CT molecular complexity index is 1520. The van der Waals surface area contributed by atoms with Gasteiger partial charge in [-0.25, -0.2) is 9.97 Å². The maximum atomic E-state index is 12.8. The van der Waals surface area contributed by atoms with Crippen molar-refractivity contribution < 1.29 is 23.4 Å². The highest BCUT2D eigenvalue weighted by molar-refractivity contribution is 7.18. The molecule has 0 unspecified atom stereocenters. The van der Waals surface area contributed by atoms with Crippen molar-refractivity contribution in [3.63, 3.8) is 0 Å². The molecule has 1 aliphatic heterocycles. The van der Waals surface area contributed by atoms with Crippen LogP contribution in [-0.2, 0) is 19.5 Å². The number of benzene rings is 1. The lowest BCUT2D eigenvalue weighted by atomic mass is 10.0. The normalized spacial score (nSPS) is 16.1. The molecular formula is C26H26ClF3N6O2S. The Balaban J connectivity index is 1.24. The topological polar surface area (TPSA) is 110 Å². The van der Waals surface area contributed by atoms with Gasteiger partial charge in [0.1, 0.15) is 28.7 Å². The van der Waals surface area contributed by atoms with Gasteiger partial charge in [0, 0.05) is 35.9 Å². The zero-order valence-corrected chi connectivity index (χ0v) is 22.3. The minimum absolute atomic E-state index is 0.0900. The highest BCUT2D eigenvalue weighted by atomic mass is 35.5. The van der Waals surface area contributed by atoms with E-state index < -0.39 is 25.3 Å². The van der Waals surface area contributed by atoms with Gasteiger partial charge < -0.3 is 20.1 Å². The molecule has 8 nitrogen and oxygen atoms in total. The van der Waals surface area contributed by atoms with Crippen molar-refractivity contribution in [2.75, 3.05) is 25.0 Å². The van der Waals surface area contributed by atoms with E-state index in [1.165, 1.54) is 12.4 Å². The van der Waals surface area contributed by atoms with Crippen molar-refractivity contribution in [2.45, 2.75) is 50.7 Å². The molecule has 0 amide bonds. The van der Waals surface area contributed by atoms with Gasteiger partial charge in [-0.15, -0.1) is 11.3 Å². The van der Waals surface area contributed by atoms with Crippen LogP contribution in [-0.4, -0.2) is 67.7 Å². The Kier molecular flexibility index (Phi) is 7.98. The van der Waals surface area contributed by atoms with E-state index in [4.69, 9.17) is 11.6 Å². The van der Waals surface area contributed by atoms with Gasteiger partial charge >= 0.3 is 6.18 Å². The minimum atomic E-state index is -4.27. The maximum absolute atomic E-state index is 12.8. The van der Waals surface area contributed by atoms with E-state index in [0.717, 1.165) is 53.7 Å². The first-order valence-electron chi connectivity index (χ1n) is 12.4. The third kappa shape index (κ3) is 6.13. The van der Waals surface area contributed by atoms with Crippen LogP contribution in [0.3, 0.4) is 0 Å². The van der Waals surface area contributed by atoms with Gasteiger partial charge in [0.2, 0.25) is 0 Å². The molecular weight excluding hydrogens is 553 g/mol. The third-order valence-corrected chi connectivity index (χ3v) is 8.38. The predicted octanol–water partition coefficient (Wildman–Crippen LogP) is 4.71. The van der Waals surface area contributed by atoms with Gasteiger partial charge in [-0.3, -0.25) is 4.90 Å². The predicted molar refractivity (Wildman–Crippen MR) is 144 cm³/mol. The van der Waals surface area contributed by atoms with Crippen LogP contribution in [0.25, 0.3) is 21.1 Å². The summed E-state index contributed by atoms with van der Waals surface area (Å²) in [5.74, 6) is 0.556. The Hall–Kier alpha value is -2.95. The summed E-state index contributed by atoms with van der Waals surface area (Å²) in [7, 11) is 0. The number of nitrogens with one attached hydrogen (secondary N) is 1. The summed E-state index contributed by atoms with van der Waals surface area (Å²) >= 11 is 7.79. The molecule has 3 N–H and O–H groups in total. The van der Waals surface area contributed by atoms with E-state index in [1.807, 2.05) is 12.1 Å². The van der Waals surface area contributed by atoms with Gasteiger partial charge in [-0.2, -0.15) is 18.4 Å². The number of halogens is 4. The molecule has 0 bridgehead atoms. The van der Waals surface area contributed by atoms with E-state index in [0.29, 0.717) is 33.3 Å². The molecule has 3 aromatic heterocycles. The number of nitrogens with zero attached hydrogens (tertiary/aromatic N) is 5. The maximum Gasteiger partial charge on any atom is 0.393 e. The molecule has 1 fully saturated rings. The van der Waals surface area contributed by atoms with Crippen LogP contribution in [0.2, 0.25) is 5.02 Å². The molecule has 4 aromatic rings. The van der Waals surface area contributed by atoms with E-state index >= 15 is 0 Å². The number of hydrogen-bond donors (Lipinski definition) is 3. The van der Waals surface area contributed by atoms with Crippen LogP contribution in [0, 0.1) is 11.3 Å². The van der Waals surface area contributed by atoms with Crippen molar-refractivity contribution in [3.05, 3.63) is 51.7 Å². The average Bonchev–Trinajstić information content (AvgIpc) is 3.47. The van der Waals surface area contributed by atoms with Gasteiger partial charge in [-0.05, 0) is 36.6 Å². The van der Waals surface area contributed by atoms with Crippen LogP contribution >= 0.6 is 22.9 Å². The van der Waals surface area contributed by atoms with Crippen LogP contribution < -0.4 is 5.32 Å². The quantitative estimate of drug-likeness (QED) is 0.278. The monoisotopic (exact) mass is 578 g/mol. The molecule has 0 spiro atoms. The fourth-order valence-electron chi connectivity index (χ4n) is 5.00. The first kappa shape index (κ1) is 27.6. The molecule has 13 heteroatoms. The minimum Gasteiger partial charge on any atom is -0.394 e. The van der Waals surface area contributed by atoms with Gasteiger partial charge in [0.25, 0.3) is 0 Å². The molecule has 1 atom stereocenters. The summed E-state index contributed by atoms with van der Waals surface area (Å²) < 4.78 is 40.2. The molecule has 1 aromatic carbocycles. The van der Waals surface area contributed by atoms with Gasteiger partial charge in [-0.1, -0.05) is 17.7 Å². The Morgan fingerprint density at radius 2 is 1.97 bits per heavy atom. The third-order valence-electron chi connectivity index (χ3n) is 6.90. The highest BCUT2D eigenvalue weighted by Crippen LogP contribution is 2.34. The average molecular weight is 579 g/mol. The van der Waals surface area contributed by atoms with E-state index in [1.54, 1.807) is 10.6 Å². The number of piperidine rings is 1. The van der Waals surface area contributed by atoms with Crippen LogP contribution in [0.15, 0.2) is 30.6 Å². The van der Waals surface area contributed by atoms with Crippen molar-refractivity contribution in [3.8, 4) is 6.07 Å². The van der Waals surface area contributed by atoms with E-state index in [-0.39, 0.29) is 17.5 Å². The molecule has 39 heavy (non-hydrogen) atoms. The molecule has 4 heterocycles. The van der Waals surface area contributed by atoms with Crippen molar-refractivity contribution in [1.82, 2.24) is 19.4 Å². The number of thiophene rings is 1. The van der Waals surface area contributed by atoms with Crippen LogP contribution in [0.5, 0.6) is 0 Å². The van der Waals surface area contributed by atoms with E-state index in [2.05, 4.69) is 26.3 Å². The number of rotatable bonds is 8. The number of alkyl halides is 3. The number of nitriles is 1. The fourth-order valence-corrected chi connectivity index (χ4v) is 6.30. The number of hydrogen-bond acceptors (Lipinski definition) is 8. The lowest BCUT2D eigenvalue weighted by Crippen LogP contribution is -2.38. The highest BCUT2D eigenvalue weighted by Gasteiger charge is 2.29. The summed E-state index contributed by atoms with van der Waals surface area (Å²) in [5, 5.41) is 33.9. The second-order valence-corrected chi connectivity index (χ2v) is 11.2. The van der Waals surface area contributed by atoms with E-state index in [9.17, 15) is 28.6 Å². The Morgan fingerprint density at radius 3 is 2.67 bits per heavy atom. The zero-order valence-electron chi connectivity index (χ0n) is 20.7. The van der Waals surface area contributed by atoms with Crippen LogP contribution in [0.1, 0.15) is 29.0 Å². The number of aliphatic hydroxyl groups excluding tert-OH is 2. The fraction of sp³-hybridized carbons (Fsp3) is 0.423. The molecule has 1 aliphatic rings. The molecule has 1 saturated heterocycles. The Labute approximate surface area is 231 Å². The van der Waals surface area contributed by atoms with Gasteiger partial charge in [0.05, 0.1) is 41.6 Å². The largest absolute Gasteiger partial charge is 0.394 e. The first-order valence-corrected chi connectivity index (χ1v) is 13.6. The summed E-state index contributed by atoms with van der Waals surface area (Å²) in [6.07, 6.45) is -3.22. The van der Waals surface area contributed by atoms with Crippen molar-refractivity contribution in [2.24, 2.45) is 0 Å². The zero-order chi connectivity index (χ0) is 27.7. The van der Waals surface area contributed by atoms with Crippen molar-refractivity contribution in [1.29, 1.82) is 5.26 Å². The summed E-state index contributed by atoms with van der Waals surface area (Å²) in [5.41, 5.74) is 2.00. The summed E-state index contributed by atoms with van der Waals surface area (Å²) in [4.78, 5) is 11.5. The SMILES string of the molecule is N#Cc1cc2c(Cl)c(CN3CCC(Nc4ncnc5sc(CC(F)(F)F)cc45)CC3)ccc2n1C[C@H](O)CO. The Morgan fingerprint density at radius 1 is 1.21 bits per heavy atom. The smallest absolute Gasteiger partial charge is 0.393 e. The second kappa shape index (κ2) is 11.3. The number of anilines is 1. The van der Waals surface area contributed by atoms with Crippen LogP contribution in [0.4, 0.5) is 19.0 Å². The molecule has 0 saturated carbocycles. The van der Waals surface area contributed by atoms with Gasteiger partial charge in [0.15, 0.2) is 0 Å². The van der Waals surface area contributed by atoms with Crippen molar-refractivity contribution >= 4 is 49.9 Å². The molecule has 0 aliphatic carbocycles. The first-order chi connectivity index (χ1) is 18.6. The lowest BCUT2D eigenvalue weighted by Gasteiger charge is -2.33. The summed E-state index contributed by atoms with van der Waals surface area (Å²) in [6, 6.07) is 9.27. The number of fused-ring (bicyclic) bond motifs is 2. The standard InChI is InChI=1S/C26H26ClF3N6O2S/c27-23-15(1-2-22-20(23)7-17(10-31)36(22)12-18(38)13-37)11-35-5-3-16(4-6-35)34-24-21-8-19(9-26(28,29)30)39-25(21)33-14-32-24/h1-2,7-8,14,16,18,37-38H,3-6,9,11-13H2,(H,32,33,34)/t18-/m0/s1. The molecule has 5 rings (SSSR count). The molecule has 206 valence electrons. The lowest BCUT2D eigenvalue weighted by molar-refractivity contribution is -0.126. The summed E-state index contributed by atoms with van der Waals surface area (Å²) in [6.45, 7) is 1.88. The number of likely N-dealkylation sites (tertiary alicyclic amines) is 1. The molecule has 0 radical (unpaired) electrons. The number of aromatic nitrogens is 3. The number of aliphatic hydroxyl groups is 2. The second-order valence-electron chi connectivity index (χ2n) is 9.70.